The molecule has 1 aliphatic rings. The molecule has 3 N–H and O–H groups in total. The lowest BCUT2D eigenvalue weighted by molar-refractivity contribution is -0.0328. The van der Waals surface area contributed by atoms with E-state index in [1.807, 2.05) is 0 Å². The number of alkyl halides is 3. The molecular weight excluding hydrogens is 285 g/mol. The zero-order chi connectivity index (χ0) is 14.6. The summed E-state index contributed by atoms with van der Waals surface area (Å²) in [5.41, 5.74) is 2.49. The Morgan fingerprint density at radius 3 is 2.30 bits per heavy atom. The second-order valence-electron chi connectivity index (χ2n) is 5.05. The average Bonchev–Trinajstić information content (AvgIpc) is 2.88. The molecule has 6 heteroatoms. The van der Waals surface area contributed by atoms with E-state index in [0.717, 1.165) is 18.4 Å². The Kier molecular flexibility index (Phi) is 5.35. The van der Waals surface area contributed by atoms with Gasteiger partial charge in [-0.15, -0.1) is 0 Å². The third-order valence-electron chi connectivity index (χ3n) is 3.54. The lowest BCUT2D eigenvalue weighted by Gasteiger charge is -2.22. The van der Waals surface area contributed by atoms with E-state index in [-0.39, 0.29) is 22.7 Å². The van der Waals surface area contributed by atoms with Gasteiger partial charge >= 0.3 is 5.51 Å². The van der Waals surface area contributed by atoms with Crippen LogP contribution in [-0.2, 0) is 0 Å². The van der Waals surface area contributed by atoms with Crippen LogP contribution in [0, 0.1) is 0 Å². The van der Waals surface area contributed by atoms with E-state index in [4.69, 9.17) is 5.73 Å². The highest BCUT2D eigenvalue weighted by atomic mass is 32.2. The van der Waals surface area contributed by atoms with E-state index in [2.05, 4.69) is 5.32 Å². The van der Waals surface area contributed by atoms with Gasteiger partial charge in [0, 0.05) is 23.5 Å². The molecule has 1 aliphatic carbocycles. The van der Waals surface area contributed by atoms with Crippen LogP contribution >= 0.6 is 11.8 Å². The fraction of sp³-hybridized carbons (Fsp3) is 0.571. The Morgan fingerprint density at radius 2 is 1.80 bits per heavy atom. The minimum absolute atomic E-state index is 0.0167. The first-order valence-electron chi connectivity index (χ1n) is 6.80. The summed E-state index contributed by atoms with van der Waals surface area (Å²) < 4.78 is 36.8. The minimum atomic E-state index is -4.24. The zero-order valence-corrected chi connectivity index (χ0v) is 11.9. The van der Waals surface area contributed by atoms with E-state index < -0.39 is 5.51 Å². The number of halogens is 3. The number of benzene rings is 1. The Morgan fingerprint density at radius 1 is 1.20 bits per heavy atom. The molecule has 0 aromatic heterocycles. The maximum absolute atomic E-state index is 12.3. The summed E-state index contributed by atoms with van der Waals surface area (Å²) in [6.45, 7) is 0.447. The zero-order valence-electron chi connectivity index (χ0n) is 11.1. The van der Waals surface area contributed by atoms with Crippen LogP contribution in [0.3, 0.4) is 0 Å². The van der Waals surface area contributed by atoms with Crippen LogP contribution in [0.15, 0.2) is 29.2 Å². The normalized spacial score (nSPS) is 18.4. The van der Waals surface area contributed by atoms with Crippen LogP contribution in [0.5, 0.6) is 0 Å². The van der Waals surface area contributed by atoms with Gasteiger partial charge in [-0.25, -0.2) is 0 Å². The van der Waals surface area contributed by atoms with Crippen molar-refractivity contribution in [3.63, 3.8) is 0 Å². The van der Waals surface area contributed by atoms with Crippen LogP contribution < -0.4 is 11.1 Å². The maximum Gasteiger partial charge on any atom is 0.446 e. The fourth-order valence-electron chi connectivity index (χ4n) is 2.58. The van der Waals surface area contributed by atoms with E-state index in [9.17, 15) is 13.2 Å². The number of thioether (sulfide) groups is 1. The maximum atomic E-state index is 12.3. The Balaban J connectivity index is 1.99. The highest BCUT2D eigenvalue weighted by molar-refractivity contribution is 8.00. The second-order valence-corrected chi connectivity index (χ2v) is 6.19. The monoisotopic (exact) mass is 304 g/mol. The predicted octanol–water partition coefficient (Wildman–Crippen LogP) is 3.83. The molecule has 2 nitrogen and oxygen atoms in total. The molecule has 0 aliphatic heterocycles. The van der Waals surface area contributed by atoms with E-state index in [0.29, 0.717) is 12.6 Å². The first-order valence-corrected chi connectivity index (χ1v) is 7.61. The van der Waals surface area contributed by atoms with Crippen LogP contribution in [0.2, 0.25) is 0 Å². The van der Waals surface area contributed by atoms with Crippen molar-refractivity contribution in [1.29, 1.82) is 0 Å². The lowest BCUT2D eigenvalue weighted by atomic mass is 10.1. The summed E-state index contributed by atoms with van der Waals surface area (Å²) in [6, 6.07) is 6.97. The van der Waals surface area contributed by atoms with Gasteiger partial charge in [-0.2, -0.15) is 13.2 Å². The third-order valence-corrected chi connectivity index (χ3v) is 4.28. The highest BCUT2D eigenvalue weighted by Gasteiger charge is 2.29. The Labute approximate surface area is 121 Å². The smallest absolute Gasteiger partial charge is 0.329 e. The summed E-state index contributed by atoms with van der Waals surface area (Å²) in [7, 11) is 0. The molecular formula is C14H19F3N2S. The van der Waals surface area contributed by atoms with Crippen molar-refractivity contribution in [2.75, 3.05) is 6.54 Å². The predicted molar refractivity (Wildman–Crippen MR) is 75.5 cm³/mol. The van der Waals surface area contributed by atoms with Crippen molar-refractivity contribution in [2.24, 2.45) is 5.73 Å². The van der Waals surface area contributed by atoms with Crippen LogP contribution in [-0.4, -0.2) is 18.1 Å². The van der Waals surface area contributed by atoms with Crippen molar-refractivity contribution in [1.82, 2.24) is 5.32 Å². The van der Waals surface area contributed by atoms with E-state index >= 15 is 0 Å². The van der Waals surface area contributed by atoms with Crippen LogP contribution in [0.1, 0.15) is 37.3 Å². The summed E-state index contributed by atoms with van der Waals surface area (Å²) in [5.74, 6) is 0. The van der Waals surface area contributed by atoms with Gasteiger partial charge in [-0.1, -0.05) is 25.0 Å². The van der Waals surface area contributed by atoms with Crippen LogP contribution in [0.25, 0.3) is 0 Å². The molecule has 112 valence electrons. The molecule has 1 unspecified atom stereocenters. The highest BCUT2D eigenvalue weighted by Crippen LogP contribution is 2.37. The van der Waals surface area contributed by atoms with Crippen molar-refractivity contribution in [3.8, 4) is 0 Å². The fourth-order valence-corrected chi connectivity index (χ4v) is 3.12. The summed E-state index contributed by atoms with van der Waals surface area (Å²) >= 11 is -0.0900. The molecule has 1 saturated carbocycles. The molecule has 0 saturated heterocycles. The van der Waals surface area contributed by atoms with Gasteiger partial charge in [0.15, 0.2) is 0 Å². The summed E-state index contributed by atoms with van der Waals surface area (Å²) in [4.78, 5) is 0.206. The number of nitrogens with one attached hydrogen (secondary N) is 1. The largest absolute Gasteiger partial charge is 0.446 e. The Hall–Kier alpha value is -0.720. The molecule has 0 spiro atoms. The van der Waals surface area contributed by atoms with Gasteiger partial charge in [0.25, 0.3) is 0 Å². The van der Waals surface area contributed by atoms with Crippen molar-refractivity contribution < 1.29 is 13.2 Å². The SMILES string of the molecule is NCC(NC1CCCC1)c1ccc(SC(F)(F)F)cc1. The molecule has 0 heterocycles. The molecule has 2 rings (SSSR count). The molecule has 1 aromatic rings. The number of hydrogen-bond donors (Lipinski definition) is 2. The van der Waals surface area contributed by atoms with Gasteiger partial charge in [-0.3, -0.25) is 0 Å². The summed E-state index contributed by atoms with van der Waals surface area (Å²) in [6.07, 6.45) is 4.77. The van der Waals surface area contributed by atoms with E-state index in [1.165, 1.54) is 25.0 Å². The quantitative estimate of drug-likeness (QED) is 0.812. The topological polar surface area (TPSA) is 38.0 Å². The standard InChI is InChI=1S/C14H19F3N2S/c15-14(16,17)20-12-7-5-10(6-8-12)13(9-18)19-11-3-1-2-4-11/h5-8,11,13,19H,1-4,9,18H2. The average molecular weight is 304 g/mol. The second kappa shape index (κ2) is 6.83. The van der Waals surface area contributed by atoms with Crippen molar-refractivity contribution in [3.05, 3.63) is 29.8 Å². The van der Waals surface area contributed by atoms with Crippen LogP contribution in [0.4, 0.5) is 13.2 Å². The number of hydrogen-bond acceptors (Lipinski definition) is 3. The van der Waals surface area contributed by atoms with Gasteiger partial charge in [0.2, 0.25) is 0 Å². The Bertz CT molecular complexity index is 413. The van der Waals surface area contributed by atoms with Crippen molar-refractivity contribution in [2.45, 2.75) is 48.2 Å². The summed E-state index contributed by atoms with van der Waals surface area (Å²) in [5, 5.41) is 3.50. The molecule has 1 atom stereocenters. The van der Waals surface area contributed by atoms with Gasteiger partial charge in [0.1, 0.15) is 0 Å². The van der Waals surface area contributed by atoms with Gasteiger partial charge in [-0.05, 0) is 42.3 Å². The molecule has 0 bridgehead atoms. The first-order chi connectivity index (χ1) is 9.48. The van der Waals surface area contributed by atoms with Gasteiger partial charge < -0.3 is 11.1 Å². The first kappa shape index (κ1) is 15.7. The molecule has 0 amide bonds. The van der Waals surface area contributed by atoms with E-state index in [1.54, 1.807) is 12.1 Å². The number of nitrogens with two attached hydrogens (primary N) is 1. The lowest BCUT2D eigenvalue weighted by Crippen LogP contribution is -2.35. The third kappa shape index (κ3) is 4.68. The molecule has 20 heavy (non-hydrogen) atoms. The number of rotatable bonds is 5. The van der Waals surface area contributed by atoms with Gasteiger partial charge in [0.05, 0.1) is 0 Å². The minimum Gasteiger partial charge on any atom is -0.329 e. The molecule has 1 aromatic carbocycles. The molecule has 1 fully saturated rings. The molecule has 0 radical (unpaired) electrons. The van der Waals surface area contributed by atoms with Crippen molar-refractivity contribution >= 4 is 11.8 Å².